The summed E-state index contributed by atoms with van der Waals surface area (Å²) >= 11 is 0. The van der Waals surface area contributed by atoms with E-state index in [2.05, 4.69) is 71.9 Å². The van der Waals surface area contributed by atoms with Crippen LogP contribution in [0.15, 0.2) is 90.2 Å². The molecule has 4 aromatic heterocycles. The molecule has 4 saturated heterocycles. The number of nitrogens with one attached hydrogen (secondary N) is 3. The Morgan fingerprint density at radius 3 is 2.48 bits per heavy atom. The number of benzene rings is 2. The molecule has 5 aliphatic heterocycles. The second-order valence-electron chi connectivity index (χ2n) is 24.8. The van der Waals surface area contributed by atoms with Crippen molar-refractivity contribution >= 4 is 61.3 Å². The summed E-state index contributed by atoms with van der Waals surface area (Å²) in [6.07, 6.45) is 12.2. The zero-order valence-electron chi connectivity index (χ0n) is 48.6. The van der Waals surface area contributed by atoms with E-state index in [9.17, 15) is 28.4 Å². The number of H-pyrrole nitrogens is 1. The summed E-state index contributed by atoms with van der Waals surface area (Å²) in [5.41, 5.74) is 4.63. The van der Waals surface area contributed by atoms with Gasteiger partial charge in [-0.2, -0.15) is 4.98 Å². The second kappa shape index (κ2) is 23.3. The third kappa shape index (κ3) is 11.6. The van der Waals surface area contributed by atoms with Gasteiger partial charge in [-0.15, -0.1) is 0 Å². The number of hydrogen-bond donors (Lipinski definition) is 4. The molecule has 2 saturated carbocycles. The number of carbonyl (C=O) groups excluding carboxylic acids is 1. The lowest BCUT2D eigenvalue weighted by Crippen LogP contribution is -2.60. The molecule has 2 aliphatic carbocycles. The molecule has 22 nitrogen and oxygen atoms in total. The minimum Gasteiger partial charge on any atom is -0.493 e. The van der Waals surface area contributed by atoms with Gasteiger partial charge in [0.05, 0.1) is 59.6 Å². The van der Waals surface area contributed by atoms with Crippen LogP contribution in [0.2, 0.25) is 0 Å². The van der Waals surface area contributed by atoms with Crippen LogP contribution in [0.4, 0.5) is 34.4 Å². The molecule has 1 amide bonds. The molecule has 0 radical (unpaired) electrons. The molecular formula is C62H76N12O10S. The van der Waals surface area contributed by atoms with Crippen LogP contribution >= 0.6 is 0 Å². The minimum absolute atomic E-state index is 0.00415. The van der Waals surface area contributed by atoms with Crippen molar-refractivity contribution in [2.24, 2.45) is 11.3 Å². The van der Waals surface area contributed by atoms with Gasteiger partial charge in [-0.25, -0.2) is 23.1 Å². The fourth-order valence-electron chi connectivity index (χ4n) is 14.4. The highest BCUT2D eigenvalue weighted by molar-refractivity contribution is 7.90. The number of fused-ring (bicyclic) bond motifs is 3. The van der Waals surface area contributed by atoms with E-state index in [1.54, 1.807) is 13.3 Å². The van der Waals surface area contributed by atoms with Crippen molar-refractivity contribution in [2.45, 2.75) is 113 Å². The molecule has 450 valence electrons. The van der Waals surface area contributed by atoms with Gasteiger partial charge in [0.25, 0.3) is 21.6 Å². The number of morpholine rings is 1. The predicted molar refractivity (Wildman–Crippen MR) is 322 cm³/mol. The van der Waals surface area contributed by atoms with Crippen LogP contribution in [0.5, 0.6) is 11.6 Å². The molecular weight excluding hydrogens is 1100 g/mol. The Balaban J connectivity index is 0.736. The lowest BCUT2D eigenvalue weighted by Gasteiger charge is -2.58. The number of pyridine rings is 3. The molecule has 9 heterocycles. The molecule has 13 rings (SSSR count). The normalized spacial score (nSPS) is 24.7. The molecule has 6 aromatic rings. The van der Waals surface area contributed by atoms with Crippen molar-refractivity contribution < 1.29 is 42.2 Å². The van der Waals surface area contributed by atoms with Crippen molar-refractivity contribution in [1.82, 2.24) is 34.5 Å². The number of nitro benzene ring substituents is 1. The van der Waals surface area contributed by atoms with E-state index in [0.29, 0.717) is 80.4 Å². The highest BCUT2D eigenvalue weighted by atomic mass is 32.2. The van der Waals surface area contributed by atoms with Gasteiger partial charge in [-0.3, -0.25) is 24.7 Å². The Morgan fingerprint density at radius 1 is 0.906 bits per heavy atom. The SMILES string of the molecule is COc1cc(CN2CCN(C3CC4(CCN(c5cc(N6c7cc8cc[nH]c8nc7O[C@H]7COCC[C@@H]76)c(C(=O)NS(=O)(=O)c6ccc(NCC7CCC(C)(O)CC7)c([N+](=O)[O-])c6)cn5)CC4)C3)[C@H](c3ccccc3C)C2)cnc1N1CCOCC1. The Hall–Kier alpha value is -7.15. The number of ether oxygens (including phenoxy) is 4. The number of nitrogens with zero attached hydrogens (tertiary/aromatic N) is 9. The van der Waals surface area contributed by atoms with Crippen LogP contribution in [0.25, 0.3) is 11.0 Å². The van der Waals surface area contributed by atoms with E-state index in [1.807, 2.05) is 36.2 Å². The number of aryl methyl sites for hydroxylation is 1. The third-order valence-corrected chi connectivity index (χ3v) is 20.6. The summed E-state index contributed by atoms with van der Waals surface area (Å²) in [4.78, 5) is 56.0. The van der Waals surface area contributed by atoms with E-state index in [4.69, 9.17) is 33.9 Å². The topological polar surface area (TPSA) is 246 Å². The predicted octanol–water partition coefficient (Wildman–Crippen LogP) is 7.88. The summed E-state index contributed by atoms with van der Waals surface area (Å²) in [6, 6.07) is 20.7. The zero-order chi connectivity index (χ0) is 58.6. The molecule has 4 N–H and O–H groups in total. The maximum atomic E-state index is 14.8. The van der Waals surface area contributed by atoms with Crippen molar-refractivity contribution in [2.75, 3.05) is 106 Å². The zero-order valence-corrected chi connectivity index (χ0v) is 49.4. The van der Waals surface area contributed by atoms with Crippen LogP contribution in [0.3, 0.4) is 0 Å². The van der Waals surface area contributed by atoms with Gasteiger partial charge in [-0.05, 0) is 130 Å². The van der Waals surface area contributed by atoms with Gasteiger partial charge in [0.2, 0.25) is 5.88 Å². The molecule has 2 aromatic carbocycles. The molecule has 7 aliphatic rings. The van der Waals surface area contributed by atoms with Gasteiger partial charge >= 0.3 is 0 Å². The second-order valence-corrected chi connectivity index (χ2v) is 26.5. The highest BCUT2D eigenvalue weighted by Crippen LogP contribution is 2.54. The minimum atomic E-state index is -4.67. The maximum Gasteiger partial charge on any atom is 0.293 e. The summed E-state index contributed by atoms with van der Waals surface area (Å²) in [7, 11) is -2.95. The monoisotopic (exact) mass is 1180 g/mol. The van der Waals surface area contributed by atoms with E-state index in [0.717, 1.165) is 119 Å². The van der Waals surface area contributed by atoms with Crippen LogP contribution in [0.1, 0.15) is 97.8 Å². The maximum absolute atomic E-state index is 14.8. The van der Waals surface area contributed by atoms with Gasteiger partial charge < -0.3 is 49.1 Å². The van der Waals surface area contributed by atoms with Crippen molar-refractivity contribution in [1.29, 1.82) is 0 Å². The Bertz CT molecular complexity index is 3570. The van der Waals surface area contributed by atoms with Crippen LogP contribution in [0, 0.1) is 28.4 Å². The van der Waals surface area contributed by atoms with Crippen LogP contribution in [-0.4, -0.2) is 164 Å². The Kier molecular flexibility index (Phi) is 15.6. The van der Waals surface area contributed by atoms with Gasteiger partial charge in [0, 0.05) is 114 Å². The number of piperidine rings is 1. The van der Waals surface area contributed by atoms with Crippen molar-refractivity contribution in [3.63, 3.8) is 0 Å². The van der Waals surface area contributed by atoms with Crippen LogP contribution < -0.4 is 34.2 Å². The first-order valence-electron chi connectivity index (χ1n) is 30.1. The number of aromatic amines is 1. The number of sulfonamides is 1. The highest BCUT2D eigenvalue weighted by Gasteiger charge is 2.51. The summed E-state index contributed by atoms with van der Waals surface area (Å²) in [5, 5.41) is 26.9. The molecule has 0 bridgehead atoms. The molecule has 0 unspecified atom stereocenters. The van der Waals surface area contributed by atoms with Gasteiger partial charge in [-0.1, -0.05) is 24.3 Å². The van der Waals surface area contributed by atoms with Crippen molar-refractivity contribution in [3.8, 4) is 11.6 Å². The van der Waals surface area contributed by atoms with Crippen molar-refractivity contribution in [3.05, 3.63) is 118 Å². The molecule has 1 spiro atoms. The largest absolute Gasteiger partial charge is 0.493 e. The number of anilines is 5. The lowest BCUT2D eigenvalue weighted by atomic mass is 9.59. The summed E-state index contributed by atoms with van der Waals surface area (Å²) in [5.74, 6) is 1.90. The number of rotatable bonds is 15. The number of nitro groups is 1. The Morgan fingerprint density at radius 2 is 1.71 bits per heavy atom. The van der Waals surface area contributed by atoms with Crippen LogP contribution in [-0.2, 0) is 26.0 Å². The average Bonchev–Trinajstić information content (AvgIpc) is 2.15. The smallest absolute Gasteiger partial charge is 0.293 e. The summed E-state index contributed by atoms with van der Waals surface area (Å²) < 4.78 is 54.8. The summed E-state index contributed by atoms with van der Waals surface area (Å²) in [6.45, 7) is 13.2. The number of carbonyl (C=O) groups is 1. The number of methoxy groups -OCH3 is 1. The lowest BCUT2D eigenvalue weighted by molar-refractivity contribution is -0.384. The van der Waals surface area contributed by atoms with E-state index >= 15 is 0 Å². The first kappa shape index (κ1) is 57.0. The van der Waals surface area contributed by atoms with E-state index in [1.165, 1.54) is 29.5 Å². The number of hydrogen-bond acceptors (Lipinski definition) is 19. The molecule has 6 fully saturated rings. The quantitative estimate of drug-likeness (QED) is 0.0564. The fraction of sp³-hybridized carbons (Fsp3) is 0.516. The van der Waals surface area contributed by atoms with E-state index < -0.39 is 43.1 Å². The molecule has 85 heavy (non-hydrogen) atoms. The van der Waals surface area contributed by atoms with Gasteiger partial charge in [0.1, 0.15) is 28.9 Å². The van der Waals surface area contributed by atoms with Gasteiger partial charge in [0.15, 0.2) is 11.6 Å². The molecule has 23 heteroatoms. The average molecular weight is 1180 g/mol. The standard InChI is InChI=1S/C62H76N12O10S/c1-40-6-4-5-7-46(40)53-38-69(37-42-28-54(81-3)58(66-35-42)71-23-26-82-27-24-71)21-22-72(53)44-32-62(33-44)16-19-70(20-17-62)56-31-50(73-49-13-25-83-39-55(49)84-60-52(73)29-43-12-18-63-57(43)67-60)47(36-65-56)59(75)68-85(79,80)45-8-9-48(51(30-45)74(77)78)64-34-41-10-14-61(2,76)15-11-41/h4-9,12,18,28-31,35-36,41,44,49,53,55,64,76H,10-11,13-17,19-27,32-34,37-39H2,1-3H3,(H,63,67)(H,68,75)/t41?,49-,53-,55-,61?/m0/s1. The Labute approximate surface area is 495 Å². The number of aliphatic hydroxyl groups is 1. The first-order chi connectivity index (χ1) is 41.1. The van der Waals surface area contributed by atoms with E-state index in [-0.39, 0.29) is 41.3 Å². The number of piperazine rings is 1. The first-order valence-corrected chi connectivity index (χ1v) is 31.6. The number of amides is 1. The molecule has 3 atom stereocenters. The number of aromatic nitrogens is 4. The fourth-order valence-corrected chi connectivity index (χ4v) is 15.3. The third-order valence-electron chi connectivity index (χ3n) is 19.3.